The molecule has 0 spiro atoms. The molecule has 0 fully saturated rings. The summed E-state index contributed by atoms with van der Waals surface area (Å²) >= 11 is 5.79. The summed E-state index contributed by atoms with van der Waals surface area (Å²) in [6.07, 6.45) is 4.30. The van der Waals surface area contributed by atoms with Gasteiger partial charge in [0.2, 0.25) is 5.88 Å². The molecule has 5 nitrogen and oxygen atoms in total. The Morgan fingerprint density at radius 3 is 2.56 bits per heavy atom. The van der Waals surface area contributed by atoms with Gasteiger partial charge in [-0.25, -0.2) is 9.97 Å². The number of hydrogen-bond acceptors (Lipinski definition) is 5. The molecule has 1 aromatic heterocycles. The lowest BCUT2D eigenvalue weighted by Gasteiger charge is -2.12. The van der Waals surface area contributed by atoms with Gasteiger partial charge in [0.15, 0.2) is 0 Å². The average Bonchev–Trinajstić information content (AvgIpc) is 3.12. The highest BCUT2D eigenvalue weighted by molar-refractivity contribution is 6.29. The summed E-state index contributed by atoms with van der Waals surface area (Å²) in [5.41, 5.74) is 6.56. The SMILES string of the molecule is C/C=C\CC/C=C(\C)C(F)(F)F.CN.CN1CCc2cc(Oc3cc(Cl)ncn3)ccc21. The monoisotopic (exact) mass is 470 g/mol. The van der Waals surface area contributed by atoms with Gasteiger partial charge in [0.1, 0.15) is 17.2 Å². The van der Waals surface area contributed by atoms with Crippen LogP contribution in [0.25, 0.3) is 0 Å². The van der Waals surface area contributed by atoms with E-state index >= 15 is 0 Å². The molecular formula is C23H30ClF3N4O. The molecule has 32 heavy (non-hydrogen) atoms. The van der Waals surface area contributed by atoms with Crippen molar-refractivity contribution in [3.05, 3.63) is 65.1 Å². The van der Waals surface area contributed by atoms with Crippen molar-refractivity contribution in [2.75, 3.05) is 25.5 Å². The van der Waals surface area contributed by atoms with E-state index in [0.717, 1.165) is 25.6 Å². The van der Waals surface area contributed by atoms with E-state index in [0.29, 0.717) is 23.9 Å². The Bertz CT molecular complexity index is 901. The van der Waals surface area contributed by atoms with Gasteiger partial charge in [-0.15, -0.1) is 0 Å². The molecule has 9 heteroatoms. The van der Waals surface area contributed by atoms with E-state index in [9.17, 15) is 13.2 Å². The highest BCUT2D eigenvalue weighted by Gasteiger charge is 2.29. The van der Waals surface area contributed by atoms with E-state index in [1.165, 1.54) is 30.7 Å². The second-order valence-electron chi connectivity index (χ2n) is 6.77. The first kappa shape index (κ1) is 27.5. The molecule has 0 saturated carbocycles. The fraction of sp³-hybridized carbons (Fsp3) is 0.391. The number of fused-ring (bicyclic) bond motifs is 1. The number of nitrogens with two attached hydrogens (primary N) is 1. The third-order valence-corrected chi connectivity index (χ3v) is 4.68. The van der Waals surface area contributed by atoms with Gasteiger partial charge in [0.25, 0.3) is 0 Å². The van der Waals surface area contributed by atoms with Gasteiger partial charge in [-0.3, -0.25) is 0 Å². The Labute approximate surface area is 192 Å². The Hall–Kier alpha value is -2.58. The third-order valence-electron chi connectivity index (χ3n) is 4.48. The van der Waals surface area contributed by atoms with Crippen LogP contribution in [0.2, 0.25) is 5.15 Å². The van der Waals surface area contributed by atoms with Crippen molar-refractivity contribution in [1.82, 2.24) is 9.97 Å². The smallest absolute Gasteiger partial charge is 0.412 e. The van der Waals surface area contributed by atoms with E-state index in [1.807, 2.05) is 25.1 Å². The molecular weight excluding hydrogens is 441 g/mol. The highest BCUT2D eigenvalue weighted by atomic mass is 35.5. The number of aromatic nitrogens is 2. The van der Waals surface area contributed by atoms with Crippen LogP contribution in [0, 0.1) is 0 Å². The zero-order chi connectivity index (χ0) is 24.1. The Kier molecular flexibility index (Phi) is 11.8. The maximum absolute atomic E-state index is 11.9. The standard InChI is InChI=1S/C13H12ClN3O.C9H13F3.CH5N/c1-17-5-4-9-6-10(2-3-11(9)17)18-13-7-12(14)15-8-16-13;1-3-4-5-6-7-8(2)9(10,11)12;1-2/h2-3,6-8H,4-5H2,1H3;3-4,7H,5-6H2,1-2H3;2H2,1H3/b;4-3-,8-7+;. The largest absolute Gasteiger partial charge is 0.439 e. The molecule has 0 unspecified atom stereocenters. The minimum absolute atomic E-state index is 0.376. The number of likely N-dealkylation sites (N-methyl/N-ethyl adjacent to an activating group) is 1. The number of alkyl halides is 3. The van der Waals surface area contributed by atoms with Crippen LogP contribution in [0.3, 0.4) is 0 Å². The van der Waals surface area contributed by atoms with Gasteiger partial charge in [-0.2, -0.15) is 13.2 Å². The molecule has 176 valence electrons. The lowest BCUT2D eigenvalue weighted by Crippen LogP contribution is -2.12. The number of benzene rings is 1. The molecule has 1 aliphatic rings. The summed E-state index contributed by atoms with van der Waals surface area (Å²) in [5.74, 6) is 1.24. The summed E-state index contributed by atoms with van der Waals surface area (Å²) in [5, 5.41) is 0.376. The van der Waals surface area contributed by atoms with Gasteiger partial charge in [0.05, 0.1) is 0 Å². The van der Waals surface area contributed by atoms with Crippen molar-refractivity contribution in [3.63, 3.8) is 0 Å². The van der Waals surface area contributed by atoms with Crippen LogP contribution >= 0.6 is 11.6 Å². The lowest BCUT2D eigenvalue weighted by molar-refractivity contribution is -0.0915. The first-order chi connectivity index (χ1) is 15.2. The van der Waals surface area contributed by atoms with Crippen molar-refractivity contribution >= 4 is 17.3 Å². The van der Waals surface area contributed by atoms with Gasteiger partial charge < -0.3 is 15.4 Å². The van der Waals surface area contributed by atoms with Crippen LogP contribution in [0.15, 0.2) is 54.4 Å². The second-order valence-corrected chi connectivity index (χ2v) is 7.16. The maximum Gasteiger partial charge on any atom is 0.412 e. The minimum atomic E-state index is -4.16. The first-order valence-corrected chi connectivity index (χ1v) is 10.5. The molecule has 0 saturated heterocycles. The number of halogens is 4. The summed E-state index contributed by atoms with van der Waals surface area (Å²) in [6, 6.07) is 7.66. The van der Waals surface area contributed by atoms with Crippen LogP contribution in [-0.4, -0.2) is 36.8 Å². The predicted molar refractivity (Wildman–Crippen MR) is 125 cm³/mol. The molecule has 0 aliphatic carbocycles. The highest BCUT2D eigenvalue weighted by Crippen LogP contribution is 2.31. The van der Waals surface area contributed by atoms with E-state index < -0.39 is 11.7 Å². The van der Waals surface area contributed by atoms with E-state index in [1.54, 1.807) is 6.07 Å². The van der Waals surface area contributed by atoms with Crippen molar-refractivity contribution < 1.29 is 17.9 Å². The van der Waals surface area contributed by atoms with Crippen LogP contribution in [-0.2, 0) is 6.42 Å². The van der Waals surface area contributed by atoms with E-state index in [-0.39, 0.29) is 0 Å². The molecule has 0 radical (unpaired) electrons. The normalized spacial score (nSPS) is 13.2. The predicted octanol–water partition coefficient (Wildman–Crippen LogP) is 6.34. The molecule has 3 rings (SSSR count). The number of allylic oxidation sites excluding steroid dienone is 4. The van der Waals surface area contributed by atoms with Crippen molar-refractivity contribution in [3.8, 4) is 11.6 Å². The van der Waals surface area contributed by atoms with Crippen LogP contribution in [0.1, 0.15) is 32.3 Å². The number of unbranched alkanes of at least 4 members (excludes halogenated alkanes) is 1. The topological polar surface area (TPSA) is 64.3 Å². The Balaban J connectivity index is 0.000000322. The molecule has 2 heterocycles. The van der Waals surface area contributed by atoms with Crippen LogP contribution < -0.4 is 15.4 Å². The fourth-order valence-corrected chi connectivity index (χ4v) is 2.92. The molecule has 1 aliphatic heterocycles. The number of rotatable bonds is 5. The summed E-state index contributed by atoms with van der Waals surface area (Å²) in [7, 11) is 3.59. The quantitative estimate of drug-likeness (QED) is 0.314. The van der Waals surface area contributed by atoms with Crippen molar-refractivity contribution in [2.45, 2.75) is 39.3 Å². The van der Waals surface area contributed by atoms with Crippen molar-refractivity contribution in [1.29, 1.82) is 0 Å². The number of hydrogen-bond donors (Lipinski definition) is 1. The number of nitrogens with zero attached hydrogens (tertiary/aromatic N) is 3. The zero-order valence-electron chi connectivity index (χ0n) is 18.8. The molecule has 0 bridgehead atoms. The molecule has 1 aromatic carbocycles. The molecule has 2 aromatic rings. The summed E-state index contributed by atoms with van der Waals surface area (Å²) in [4.78, 5) is 10.1. The molecule has 0 atom stereocenters. The van der Waals surface area contributed by atoms with Gasteiger partial charge >= 0.3 is 6.18 Å². The fourth-order valence-electron chi connectivity index (χ4n) is 2.78. The third kappa shape index (κ3) is 9.28. The second kappa shape index (κ2) is 13.8. The Morgan fingerprint density at radius 1 is 1.22 bits per heavy atom. The molecule has 2 N–H and O–H groups in total. The van der Waals surface area contributed by atoms with Crippen molar-refractivity contribution in [2.24, 2.45) is 5.73 Å². The maximum atomic E-state index is 11.9. The number of anilines is 1. The minimum Gasteiger partial charge on any atom is -0.439 e. The van der Waals surface area contributed by atoms with Crippen LogP contribution in [0.5, 0.6) is 11.6 Å². The van der Waals surface area contributed by atoms with Gasteiger partial charge in [-0.05, 0) is 63.9 Å². The average molecular weight is 471 g/mol. The first-order valence-electron chi connectivity index (χ1n) is 10.1. The Morgan fingerprint density at radius 2 is 1.94 bits per heavy atom. The lowest BCUT2D eigenvalue weighted by atomic mass is 10.1. The molecule has 0 amide bonds. The van der Waals surface area contributed by atoms with E-state index in [2.05, 4.69) is 39.8 Å². The zero-order valence-corrected chi connectivity index (χ0v) is 19.5. The van der Waals surface area contributed by atoms with Gasteiger partial charge in [-0.1, -0.05) is 29.8 Å². The van der Waals surface area contributed by atoms with Gasteiger partial charge in [0, 0.05) is 30.9 Å². The number of ether oxygens (including phenoxy) is 1. The summed E-state index contributed by atoms with van der Waals surface area (Å²) in [6.45, 7) is 3.99. The van der Waals surface area contributed by atoms with E-state index in [4.69, 9.17) is 16.3 Å². The summed E-state index contributed by atoms with van der Waals surface area (Å²) < 4.78 is 41.3. The van der Waals surface area contributed by atoms with Crippen LogP contribution in [0.4, 0.5) is 18.9 Å².